The molecular formula is C12H17NO3. The second kappa shape index (κ2) is 4.72. The molecule has 0 bridgehead atoms. The number of aliphatic hydroxyl groups excluding tert-OH is 1. The van der Waals surface area contributed by atoms with Crippen LogP contribution in [-0.4, -0.2) is 32.0 Å². The molecular weight excluding hydrogens is 206 g/mol. The summed E-state index contributed by atoms with van der Waals surface area (Å²) < 4.78 is 10.5. The van der Waals surface area contributed by atoms with Crippen LogP contribution >= 0.6 is 0 Å². The summed E-state index contributed by atoms with van der Waals surface area (Å²) in [6, 6.07) is 5.85. The minimum absolute atomic E-state index is 0.139. The third-order valence-electron chi connectivity index (χ3n) is 2.92. The van der Waals surface area contributed by atoms with E-state index in [1.54, 1.807) is 14.2 Å². The molecule has 4 heteroatoms. The fourth-order valence-electron chi connectivity index (χ4n) is 2.07. The molecule has 88 valence electrons. The fraction of sp³-hybridized carbons (Fsp3) is 0.500. The van der Waals surface area contributed by atoms with Crippen molar-refractivity contribution >= 4 is 0 Å². The molecule has 2 rings (SSSR count). The first-order valence-corrected chi connectivity index (χ1v) is 5.38. The Bertz CT molecular complexity index is 367. The number of methoxy groups -OCH3 is 2. The van der Waals surface area contributed by atoms with Crippen molar-refractivity contribution in [1.29, 1.82) is 0 Å². The quantitative estimate of drug-likeness (QED) is 0.805. The molecule has 4 nitrogen and oxygen atoms in total. The molecule has 1 aliphatic heterocycles. The second-order valence-electron chi connectivity index (χ2n) is 3.96. The lowest BCUT2D eigenvalue weighted by molar-refractivity contribution is 0.193. The van der Waals surface area contributed by atoms with Crippen molar-refractivity contribution in [2.45, 2.75) is 18.6 Å². The van der Waals surface area contributed by atoms with Gasteiger partial charge in [-0.15, -0.1) is 0 Å². The van der Waals surface area contributed by atoms with Crippen molar-refractivity contribution in [3.05, 3.63) is 23.8 Å². The molecule has 1 heterocycles. The van der Waals surface area contributed by atoms with Gasteiger partial charge in [-0.1, -0.05) is 0 Å². The zero-order valence-electron chi connectivity index (χ0n) is 9.56. The third-order valence-corrected chi connectivity index (χ3v) is 2.92. The van der Waals surface area contributed by atoms with E-state index in [0.717, 1.165) is 17.1 Å². The summed E-state index contributed by atoms with van der Waals surface area (Å²) in [5.74, 6) is 1.63. The van der Waals surface area contributed by atoms with Gasteiger partial charge in [-0.2, -0.15) is 0 Å². The molecule has 0 saturated carbocycles. The first-order valence-electron chi connectivity index (χ1n) is 5.38. The van der Waals surface area contributed by atoms with Crippen LogP contribution in [0.3, 0.4) is 0 Å². The monoisotopic (exact) mass is 223 g/mol. The molecule has 16 heavy (non-hydrogen) atoms. The fourth-order valence-corrected chi connectivity index (χ4v) is 2.07. The lowest BCUT2D eigenvalue weighted by atomic mass is 10.0. The Balaban J connectivity index is 2.29. The van der Waals surface area contributed by atoms with E-state index in [-0.39, 0.29) is 12.1 Å². The maximum Gasteiger partial charge on any atom is 0.123 e. The summed E-state index contributed by atoms with van der Waals surface area (Å²) in [6.07, 6.45) is 0.435. The highest BCUT2D eigenvalue weighted by molar-refractivity contribution is 5.42. The highest BCUT2D eigenvalue weighted by Gasteiger charge is 2.26. The van der Waals surface area contributed by atoms with Gasteiger partial charge >= 0.3 is 0 Å². The molecule has 2 unspecified atom stereocenters. The Morgan fingerprint density at radius 2 is 2.12 bits per heavy atom. The SMILES string of the molecule is COc1ccc(OC)c(C2CC(O)CN2)c1. The summed E-state index contributed by atoms with van der Waals surface area (Å²) in [7, 11) is 3.29. The van der Waals surface area contributed by atoms with Crippen molar-refractivity contribution in [1.82, 2.24) is 5.32 Å². The molecule has 1 aromatic carbocycles. The van der Waals surface area contributed by atoms with Gasteiger partial charge in [-0.05, 0) is 24.6 Å². The molecule has 2 atom stereocenters. The zero-order chi connectivity index (χ0) is 11.5. The van der Waals surface area contributed by atoms with Crippen LogP contribution in [0.5, 0.6) is 11.5 Å². The Morgan fingerprint density at radius 3 is 2.69 bits per heavy atom. The number of nitrogens with one attached hydrogen (secondary N) is 1. The smallest absolute Gasteiger partial charge is 0.123 e. The lowest BCUT2D eigenvalue weighted by Crippen LogP contribution is -2.15. The number of hydrogen-bond donors (Lipinski definition) is 2. The van der Waals surface area contributed by atoms with Crippen LogP contribution in [0.2, 0.25) is 0 Å². The Kier molecular flexibility index (Phi) is 3.31. The minimum Gasteiger partial charge on any atom is -0.497 e. The molecule has 1 saturated heterocycles. The molecule has 0 radical (unpaired) electrons. The van der Waals surface area contributed by atoms with Crippen molar-refractivity contribution < 1.29 is 14.6 Å². The van der Waals surface area contributed by atoms with E-state index in [4.69, 9.17) is 9.47 Å². The van der Waals surface area contributed by atoms with E-state index in [2.05, 4.69) is 5.32 Å². The number of β-amino-alcohol motifs (C(OH)–C–C–N with tert-alkyl or cyclic N) is 1. The van der Waals surface area contributed by atoms with Crippen molar-refractivity contribution in [2.24, 2.45) is 0 Å². The Hall–Kier alpha value is -1.26. The van der Waals surface area contributed by atoms with Gasteiger partial charge in [0.05, 0.1) is 20.3 Å². The van der Waals surface area contributed by atoms with Crippen LogP contribution in [0.4, 0.5) is 0 Å². The molecule has 0 aromatic heterocycles. The van der Waals surface area contributed by atoms with Gasteiger partial charge in [0.2, 0.25) is 0 Å². The second-order valence-corrected chi connectivity index (χ2v) is 3.96. The highest BCUT2D eigenvalue weighted by atomic mass is 16.5. The van der Waals surface area contributed by atoms with Crippen LogP contribution in [-0.2, 0) is 0 Å². The van der Waals surface area contributed by atoms with Crippen LogP contribution in [0.25, 0.3) is 0 Å². The summed E-state index contributed by atoms with van der Waals surface area (Å²) in [4.78, 5) is 0. The van der Waals surface area contributed by atoms with Gasteiger partial charge in [0.25, 0.3) is 0 Å². The van der Waals surface area contributed by atoms with Gasteiger partial charge in [0.15, 0.2) is 0 Å². The Morgan fingerprint density at radius 1 is 1.31 bits per heavy atom. The summed E-state index contributed by atoms with van der Waals surface area (Å²) in [5.41, 5.74) is 1.04. The average molecular weight is 223 g/mol. The van der Waals surface area contributed by atoms with E-state index in [9.17, 15) is 5.11 Å². The first kappa shape index (κ1) is 11.2. The average Bonchev–Trinajstić information content (AvgIpc) is 2.75. The van der Waals surface area contributed by atoms with Crippen molar-refractivity contribution in [3.63, 3.8) is 0 Å². The van der Waals surface area contributed by atoms with E-state index < -0.39 is 0 Å². The highest BCUT2D eigenvalue weighted by Crippen LogP contribution is 2.33. The van der Waals surface area contributed by atoms with E-state index in [1.807, 2.05) is 18.2 Å². The predicted octanol–water partition coefficient (Wildman–Crippen LogP) is 1.10. The van der Waals surface area contributed by atoms with E-state index in [1.165, 1.54) is 0 Å². The number of ether oxygens (including phenoxy) is 2. The van der Waals surface area contributed by atoms with Crippen LogP contribution in [0.1, 0.15) is 18.0 Å². The summed E-state index contributed by atoms with van der Waals surface area (Å²) >= 11 is 0. The molecule has 1 fully saturated rings. The zero-order valence-corrected chi connectivity index (χ0v) is 9.56. The van der Waals surface area contributed by atoms with Gasteiger partial charge in [-0.3, -0.25) is 0 Å². The number of benzene rings is 1. The van der Waals surface area contributed by atoms with Crippen molar-refractivity contribution in [3.8, 4) is 11.5 Å². The normalized spacial score (nSPS) is 24.4. The van der Waals surface area contributed by atoms with Crippen LogP contribution in [0.15, 0.2) is 18.2 Å². The molecule has 1 aliphatic rings. The van der Waals surface area contributed by atoms with Crippen LogP contribution in [0, 0.1) is 0 Å². The topological polar surface area (TPSA) is 50.7 Å². The largest absolute Gasteiger partial charge is 0.497 e. The van der Waals surface area contributed by atoms with Crippen LogP contribution < -0.4 is 14.8 Å². The predicted molar refractivity (Wildman–Crippen MR) is 60.9 cm³/mol. The van der Waals surface area contributed by atoms with E-state index in [0.29, 0.717) is 13.0 Å². The molecule has 0 aliphatic carbocycles. The third kappa shape index (κ3) is 2.13. The maximum absolute atomic E-state index is 9.52. The number of aliphatic hydroxyl groups is 1. The lowest BCUT2D eigenvalue weighted by Gasteiger charge is -2.16. The van der Waals surface area contributed by atoms with Gasteiger partial charge in [0.1, 0.15) is 11.5 Å². The van der Waals surface area contributed by atoms with Crippen molar-refractivity contribution in [2.75, 3.05) is 20.8 Å². The van der Waals surface area contributed by atoms with Gasteiger partial charge in [0, 0.05) is 18.2 Å². The maximum atomic E-state index is 9.52. The molecule has 2 N–H and O–H groups in total. The molecule has 0 spiro atoms. The standard InChI is InChI=1S/C12H17NO3/c1-15-9-3-4-12(16-2)10(6-9)11-5-8(14)7-13-11/h3-4,6,8,11,13-14H,5,7H2,1-2H3. The van der Waals surface area contributed by atoms with Gasteiger partial charge in [-0.25, -0.2) is 0 Å². The number of rotatable bonds is 3. The van der Waals surface area contributed by atoms with Gasteiger partial charge < -0.3 is 19.9 Å². The van der Waals surface area contributed by atoms with E-state index >= 15 is 0 Å². The number of hydrogen-bond acceptors (Lipinski definition) is 4. The molecule has 1 aromatic rings. The Labute approximate surface area is 95.2 Å². The minimum atomic E-state index is -0.277. The molecule has 0 amide bonds. The summed E-state index contributed by atoms with van der Waals surface area (Å²) in [5, 5.41) is 12.8. The first-order chi connectivity index (χ1) is 7.74. The summed E-state index contributed by atoms with van der Waals surface area (Å²) in [6.45, 7) is 0.630.